The number of aromatic nitrogens is 1. The second-order valence-corrected chi connectivity index (χ2v) is 3.04. The van der Waals surface area contributed by atoms with E-state index in [2.05, 4.69) is 4.98 Å². The van der Waals surface area contributed by atoms with E-state index in [4.69, 9.17) is 21.1 Å². The number of rotatable bonds is 3. The molecule has 0 spiro atoms. The maximum absolute atomic E-state index is 5.70. The second-order valence-electron chi connectivity index (χ2n) is 2.61. The molecule has 4 heteroatoms. The summed E-state index contributed by atoms with van der Waals surface area (Å²) in [5.74, 6) is 0.693. The van der Waals surface area contributed by atoms with Crippen molar-refractivity contribution in [1.29, 1.82) is 0 Å². The first-order chi connectivity index (χ1) is 5.84. The molecule has 1 aromatic rings. The van der Waals surface area contributed by atoms with Gasteiger partial charge in [-0.05, 0) is 0 Å². The minimum absolute atomic E-state index is 0.268. The number of hydrogen-bond acceptors (Lipinski definition) is 3. The molecule has 1 saturated heterocycles. The lowest BCUT2D eigenvalue weighted by Gasteiger charge is -2.02. The molecule has 12 heavy (non-hydrogen) atoms. The number of pyridine rings is 1. The molecular formula is C8H8ClNO2. The summed E-state index contributed by atoms with van der Waals surface area (Å²) in [6.45, 7) is 1.38. The molecule has 2 heterocycles. The van der Waals surface area contributed by atoms with E-state index in [1.807, 2.05) is 0 Å². The highest BCUT2D eigenvalue weighted by Gasteiger charge is 2.22. The first-order valence-corrected chi connectivity index (χ1v) is 4.07. The minimum Gasteiger partial charge on any atom is -0.489 e. The van der Waals surface area contributed by atoms with Gasteiger partial charge in [0.1, 0.15) is 18.5 Å². The van der Waals surface area contributed by atoms with Crippen LogP contribution in [0.3, 0.4) is 0 Å². The fourth-order valence-electron chi connectivity index (χ4n) is 0.825. The van der Waals surface area contributed by atoms with Crippen molar-refractivity contribution in [2.45, 2.75) is 6.10 Å². The maximum atomic E-state index is 5.70. The van der Waals surface area contributed by atoms with Gasteiger partial charge in [-0.1, -0.05) is 11.6 Å². The van der Waals surface area contributed by atoms with Gasteiger partial charge in [-0.15, -0.1) is 0 Å². The van der Waals surface area contributed by atoms with Gasteiger partial charge in [0.2, 0.25) is 0 Å². The Labute approximate surface area is 75.3 Å². The van der Waals surface area contributed by atoms with Crippen molar-refractivity contribution in [3.63, 3.8) is 0 Å². The summed E-state index contributed by atoms with van der Waals surface area (Å²) >= 11 is 5.70. The summed E-state index contributed by atoms with van der Waals surface area (Å²) in [6.07, 6.45) is 3.47. The molecule has 0 aromatic carbocycles. The third-order valence-corrected chi connectivity index (χ3v) is 1.72. The van der Waals surface area contributed by atoms with Gasteiger partial charge in [-0.2, -0.15) is 0 Å². The van der Waals surface area contributed by atoms with E-state index in [1.165, 1.54) is 0 Å². The Morgan fingerprint density at radius 2 is 2.50 bits per heavy atom. The van der Waals surface area contributed by atoms with Crippen LogP contribution >= 0.6 is 11.6 Å². The van der Waals surface area contributed by atoms with E-state index in [9.17, 15) is 0 Å². The lowest BCUT2D eigenvalue weighted by molar-refractivity contribution is 0.262. The molecule has 0 saturated carbocycles. The topological polar surface area (TPSA) is 34.6 Å². The normalized spacial score (nSPS) is 20.6. The van der Waals surface area contributed by atoms with Crippen LogP contribution in [-0.2, 0) is 4.74 Å². The number of nitrogens with zero attached hydrogens (tertiary/aromatic N) is 1. The number of ether oxygens (including phenoxy) is 2. The van der Waals surface area contributed by atoms with Gasteiger partial charge in [0, 0.05) is 12.3 Å². The monoisotopic (exact) mass is 185 g/mol. The van der Waals surface area contributed by atoms with E-state index in [0.29, 0.717) is 17.4 Å². The highest BCUT2D eigenvalue weighted by Crippen LogP contribution is 2.17. The number of halogens is 1. The van der Waals surface area contributed by atoms with Crippen LogP contribution in [-0.4, -0.2) is 24.3 Å². The summed E-state index contributed by atoms with van der Waals surface area (Å²) < 4.78 is 10.3. The smallest absolute Gasteiger partial charge is 0.139 e. The summed E-state index contributed by atoms with van der Waals surface area (Å²) in [7, 11) is 0. The summed E-state index contributed by atoms with van der Waals surface area (Å²) in [5, 5.41) is 0.587. The third-order valence-electron chi connectivity index (χ3n) is 1.52. The van der Waals surface area contributed by atoms with E-state index >= 15 is 0 Å². The highest BCUT2D eigenvalue weighted by molar-refractivity contribution is 6.30. The molecule has 0 bridgehead atoms. The van der Waals surface area contributed by atoms with E-state index in [-0.39, 0.29) is 6.10 Å². The zero-order valence-electron chi connectivity index (χ0n) is 6.37. The Balaban J connectivity index is 1.92. The van der Waals surface area contributed by atoms with E-state index in [0.717, 1.165) is 6.61 Å². The lowest BCUT2D eigenvalue weighted by atomic mass is 10.4. The molecule has 3 nitrogen and oxygen atoms in total. The SMILES string of the molecule is Clc1cncc(OC[C@@H]2CO2)c1. The first kappa shape index (κ1) is 7.83. The van der Waals surface area contributed by atoms with Crippen molar-refractivity contribution in [2.24, 2.45) is 0 Å². The first-order valence-electron chi connectivity index (χ1n) is 3.69. The molecule has 0 radical (unpaired) electrons. The van der Waals surface area contributed by atoms with Crippen LogP contribution in [0, 0.1) is 0 Å². The van der Waals surface area contributed by atoms with Gasteiger partial charge in [-0.3, -0.25) is 4.98 Å². The molecule has 0 aliphatic carbocycles. The summed E-state index contributed by atoms with van der Waals surface area (Å²) in [5.41, 5.74) is 0. The second kappa shape index (κ2) is 3.29. The Morgan fingerprint density at radius 3 is 3.17 bits per heavy atom. The van der Waals surface area contributed by atoms with Gasteiger partial charge in [-0.25, -0.2) is 0 Å². The van der Waals surface area contributed by atoms with Crippen LogP contribution in [0.5, 0.6) is 5.75 Å². The molecule has 0 unspecified atom stereocenters. The predicted octanol–water partition coefficient (Wildman–Crippen LogP) is 1.51. The Kier molecular flexibility index (Phi) is 2.15. The Morgan fingerprint density at radius 1 is 1.67 bits per heavy atom. The third kappa shape index (κ3) is 2.09. The molecule has 0 amide bonds. The highest BCUT2D eigenvalue weighted by atomic mass is 35.5. The van der Waals surface area contributed by atoms with Crippen LogP contribution in [0.1, 0.15) is 0 Å². The average molecular weight is 186 g/mol. The van der Waals surface area contributed by atoms with Crippen molar-refractivity contribution in [2.75, 3.05) is 13.2 Å². The maximum Gasteiger partial charge on any atom is 0.139 e. The van der Waals surface area contributed by atoms with Crippen LogP contribution < -0.4 is 4.74 Å². The largest absolute Gasteiger partial charge is 0.489 e. The number of hydrogen-bond donors (Lipinski definition) is 0. The quantitative estimate of drug-likeness (QED) is 0.670. The summed E-state index contributed by atoms with van der Waals surface area (Å²) in [4.78, 5) is 3.88. The van der Waals surface area contributed by atoms with Crippen molar-refractivity contribution >= 4 is 11.6 Å². The molecule has 1 aromatic heterocycles. The van der Waals surface area contributed by atoms with Crippen LogP contribution in [0.4, 0.5) is 0 Å². The predicted molar refractivity (Wildman–Crippen MR) is 44.5 cm³/mol. The van der Waals surface area contributed by atoms with Gasteiger partial charge in [0.15, 0.2) is 0 Å². The zero-order chi connectivity index (χ0) is 8.39. The zero-order valence-corrected chi connectivity index (χ0v) is 7.12. The molecule has 0 N–H and O–H groups in total. The van der Waals surface area contributed by atoms with Gasteiger partial charge < -0.3 is 9.47 Å². The molecule has 64 valence electrons. The summed E-state index contributed by atoms with van der Waals surface area (Å²) in [6, 6.07) is 1.73. The number of epoxide rings is 1. The van der Waals surface area contributed by atoms with Gasteiger partial charge in [0.25, 0.3) is 0 Å². The fourth-order valence-corrected chi connectivity index (χ4v) is 0.989. The molecular weight excluding hydrogens is 178 g/mol. The van der Waals surface area contributed by atoms with Gasteiger partial charge >= 0.3 is 0 Å². The van der Waals surface area contributed by atoms with Crippen molar-refractivity contribution < 1.29 is 9.47 Å². The molecule has 1 fully saturated rings. The standard InChI is InChI=1S/C8H8ClNO2/c9-6-1-7(3-10-2-6)11-4-8-5-12-8/h1-3,8H,4-5H2/t8-/m1/s1. The molecule has 2 rings (SSSR count). The Bertz CT molecular complexity index is 276. The van der Waals surface area contributed by atoms with Crippen LogP contribution in [0.15, 0.2) is 18.5 Å². The molecule has 1 aliphatic heterocycles. The van der Waals surface area contributed by atoms with Crippen molar-refractivity contribution in [3.8, 4) is 5.75 Å². The Hall–Kier alpha value is -0.800. The molecule has 1 aliphatic rings. The lowest BCUT2D eigenvalue weighted by Crippen LogP contribution is -2.03. The fraction of sp³-hybridized carbons (Fsp3) is 0.375. The van der Waals surface area contributed by atoms with Crippen molar-refractivity contribution in [1.82, 2.24) is 4.98 Å². The van der Waals surface area contributed by atoms with Crippen molar-refractivity contribution in [3.05, 3.63) is 23.5 Å². The van der Waals surface area contributed by atoms with Gasteiger partial charge in [0.05, 0.1) is 17.8 Å². The average Bonchev–Trinajstić information content (AvgIpc) is 2.84. The van der Waals surface area contributed by atoms with E-state index < -0.39 is 0 Å². The minimum atomic E-state index is 0.268. The van der Waals surface area contributed by atoms with E-state index in [1.54, 1.807) is 18.5 Å². The molecule has 1 atom stereocenters. The van der Waals surface area contributed by atoms with Crippen LogP contribution in [0.2, 0.25) is 5.02 Å². The van der Waals surface area contributed by atoms with Crippen LogP contribution in [0.25, 0.3) is 0 Å².